The van der Waals surface area contributed by atoms with E-state index in [1.807, 2.05) is 12.1 Å². The van der Waals surface area contributed by atoms with Gasteiger partial charge < -0.3 is 4.89 Å². The lowest BCUT2D eigenvalue weighted by molar-refractivity contribution is -0.306. The van der Waals surface area contributed by atoms with Crippen LogP contribution in [0.2, 0.25) is 0 Å². The molecule has 0 aromatic heterocycles. The molecule has 0 bridgehead atoms. The fourth-order valence-corrected chi connectivity index (χ4v) is 0.914. The first-order chi connectivity index (χ1) is 7.80. The number of hydrogen-bond donors (Lipinski definition) is 2. The molecule has 0 spiro atoms. The molecular formula is C13H22O4. The predicted octanol–water partition coefficient (Wildman–Crippen LogP) is 3.94. The molecule has 0 aliphatic heterocycles. The monoisotopic (exact) mass is 242 g/mol. The van der Waals surface area contributed by atoms with Crippen molar-refractivity contribution in [1.29, 1.82) is 0 Å². The van der Waals surface area contributed by atoms with E-state index < -0.39 is 5.60 Å². The van der Waals surface area contributed by atoms with E-state index in [0.29, 0.717) is 11.7 Å². The smallest absolute Gasteiger partial charge is 0.165 e. The molecule has 0 aliphatic rings. The molecule has 0 heterocycles. The van der Waals surface area contributed by atoms with Crippen LogP contribution in [0.15, 0.2) is 24.3 Å². The van der Waals surface area contributed by atoms with Gasteiger partial charge in [-0.05, 0) is 44.4 Å². The third-order valence-electron chi connectivity index (χ3n) is 1.93. The summed E-state index contributed by atoms with van der Waals surface area (Å²) in [4.78, 5) is 7.99. The molecule has 0 saturated heterocycles. The summed E-state index contributed by atoms with van der Waals surface area (Å²) in [6.07, 6.45) is 0. The van der Waals surface area contributed by atoms with E-state index in [2.05, 4.69) is 23.6 Å². The molecular weight excluding hydrogens is 220 g/mol. The fourth-order valence-electron chi connectivity index (χ4n) is 0.914. The Labute approximate surface area is 103 Å². The molecule has 0 saturated carbocycles. The largest absolute Gasteiger partial charge is 0.340 e. The summed E-state index contributed by atoms with van der Waals surface area (Å²) in [5.41, 5.74) is 0.839. The Kier molecular flexibility index (Phi) is 6.80. The van der Waals surface area contributed by atoms with Gasteiger partial charge in [0.25, 0.3) is 0 Å². The predicted molar refractivity (Wildman–Crippen MR) is 67.3 cm³/mol. The van der Waals surface area contributed by atoms with Crippen LogP contribution in [0, 0.1) is 0 Å². The second-order valence-corrected chi connectivity index (χ2v) is 5.02. The van der Waals surface area contributed by atoms with Crippen molar-refractivity contribution in [2.45, 2.75) is 46.1 Å². The second kappa shape index (κ2) is 7.27. The minimum Gasteiger partial charge on any atom is -0.340 e. The molecule has 0 amide bonds. The first-order valence-corrected chi connectivity index (χ1v) is 5.54. The summed E-state index contributed by atoms with van der Waals surface area (Å²) in [5.74, 6) is 0.997. The van der Waals surface area contributed by atoms with E-state index in [1.165, 1.54) is 5.56 Å². The van der Waals surface area contributed by atoms with Gasteiger partial charge in [0.05, 0.1) is 5.60 Å². The minimum atomic E-state index is -0.403. The van der Waals surface area contributed by atoms with Gasteiger partial charge in [-0.3, -0.25) is 5.26 Å². The van der Waals surface area contributed by atoms with E-state index in [9.17, 15) is 0 Å². The van der Waals surface area contributed by atoms with Crippen molar-refractivity contribution in [3.63, 3.8) is 0 Å². The molecule has 0 aliphatic carbocycles. The highest BCUT2D eigenvalue weighted by molar-refractivity contribution is 5.28. The molecule has 0 atom stereocenters. The molecule has 1 aromatic rings. The van der Waals surface area contributed by atoms with Crippen LogP contribution < -0.4 is 4.89 Å². The lowest BCUT2D eigenvalue weighted by Crippen LogP contribution is -2.15. The van der Waals surface area contributed by atoms with Crippen molar-refractivity contribution < 1.29 is 20.3 Å². The summed E-state index contributed by atoms with van der Waals surface area (Å²) in [6, 6.07) is 7.37. The third-order valence-corrected chi connectivity index (χ3v) is 1.93. The van der Waals surface area contributed by atoms with Crippen LogP contribution in [0.1, 0.15) is 46.1 Å². The zero-order valence-electron chi connectivity index (χ0n) is 11.1. The average molecular weight is 242 g/mol. The van der Waals surface area contributed by atoms with E-state index in [4.69, 9.17) is 10.5 Å². The van der Waals surface area contributed by atoms with Crippen molar-refractivity contribution in [1.82, 2.24) is 0 Å². The van der Waals surface area contributed by atoms with Gasteiger partial charge in [-0.1, -0.05) is 26.0 Å². The quantitative estimate of drug-likeness (QED) is 0.609. The Balaban J connectivity index is 0.000000366. The summed E-state index contributed by atoms with van der Waals surface area (Å²) >= 11 is 0. The number of benzene rings is 1. The van der Waals surface area contributed by atoms with Gasteiger partial charge >= 0.3 is 0 Å². The van der Waals surface area contributed by atoms with E-state index in [-0.39, 0.29) is 0 Å². The summed E-state index contributed by atoms with van der Waals surface area (Å²) in [7, 11) is 0. The summed E-state index contributed by atoms with van der Waals surface area (Å²) in [5, 5.41) is 16.2. The molecule has 98 valence electrons. The van der Waals surface area contributed by atoms with Crippen molar-refractivity contribution >= 4 is 0 Å². The van der Waals surface area contributed by atoms with Gasteiger partial charge in [0.1, 0.15) is 0 Å². The lowest BCUT2D eigenvalue weighted by atomic mass is 10.0. The summed E-state index contributed by atoms with van der Waals surface area (Å²) in [6.45, 7) is 9.55. The van der Waals surface area contributed by atoms with Crippen LogP contribution in [0.5, 0.6) is 5.75 Å². The molecule has 4 nitrogen and oxygen atoms in total. The van der Waals surface area contributed by atoms with Gasteiger partial charge in [0.2, 0.25) is 0 Å². The lowest BCUT2D eigenvalue weighted by Gasteiger charge is -2.10. The van der Waals surface area contributed by atoms with Crippen LogP contribution in [0.3, 0.4) is 0 Å². The molecule has 0 unspecified atom stereocenters. The van der Waals surface area contributed by atoms with Crippen LogP contribution >= 0.6 is 0 Å². The Morgan fingerprint density at radius 2 is 1.41 bits per heavy atom. The van der Waals surface area contributed by atoms with Crippen LogP contribution in [0.25, 0.3) is 0 Å². The third kappa shape index (κ3) is 7.74. The maximum Gasteiger partial charge on any atom is 0.165 e. The SMILES string of the molecule is CC(C)(C)OO.CC(C)c1ccc(OO)cc1. The minimum absolute atomic E-state index is 0.403. The highest BCUT2D eigenvalue weighted by Gasteiger charge is 2.07. The fraction of sp³-hybridized carbons (Fsp3) is 0.538. The van der Waals surface area contributed by atoms with E-state index in [1.54, 1.807) is 32.9 Å². The van der Waals surface area contributed by atoms with Gasteiger partial charge in [-0.25, -0.2) is 10.1 Å². The Bertz CT molecular complexity index is 298. The van der Waals surface area contributed by atoms with Crippen molar-refractivity contribution in [3.05, 3.63) is 29.8 Å². The highest BCUT2D eigenvalue weighted by Crippen LogP contribution is 2.17. The number of rotatable bonds is 2. The average Bonchev–Trinajstić information content (AvgIpc) is 2.29. The zero-order chi connectivity index (χ0) is 13.5. The van der Waals surface area contributed by atoms with Crippen LogP contribution in [-0.4, -0.2) is 16.1 Å². The molecule has 0 fully saturated rings. The molecule has 4 heteroatoms. The Morgan fingerprint density at radius 3 is 1.65 bits per heavy atom. The Hall–Kier alpha value is -1.10. The molecule has 17 heavy (non-hydrogen) atoms. The van der Waals surface area contributed by atoms with E-state index in [0.717, 1.165) is 0 Å². The van der Waals surface area contributed by atoms with Crippen molar-refractivity contribution in [2.24, 2.45) is 0 Å². The summed E-state index contributed by atoms with van der Waals surface area (Å²) < 4.78 is 0. The van der Waals surface area contributed by atoms with Crippen molar-refractivity contribution in [3.8, 4) is 5.75 Å². The van der Waals surface area contributed by atoms with Crippen LogP contribution in [0.4, 0.5) is 0 Å². The van der Waals surface area contributed by atoms with Gasteiger partial charge in [0.15, 0.2) is 5.75 Å². The zero-order valence-corrected chi connectivity index (χ0v) is 11.1. The molecule has 1 aromatic carbocycles. The molecule has 1 rings (SSSR count). The maximum absolute atomic E-state index is 8.27. The van der Waals surface area contributed by atoms with Gasteiger partial charge in [0, 0.05) is 0 Å². The first kappa shape index (κ1) is 15.9. The van der Waals surface area contributed by atoms with Crippen LogP contribution in [-0.2, 0) is 4.89 Å². The van der Waals surface area contributed by atoms with Gasteiger partial charge in [-0.2, -0.15) is 0 Å². The Morgan fingerprint density at radius 1 is 1.00 bits per heavy atom. The number of hydrogen-bond acceptors (Lipinski definition) is 4. The molecule has 0 radical (unpaired) electrons. The normalized spacial score (nSPS) is 10.8. The van der Waals surface area contributed by atoms with Crippen molar-refractivity contribution in [2.75, 3.05) is 0 Å². The molecule has 2 N–H and O–H groups in total. The van der Waals surface area contributed by atoms with Gasteiger partial charge in [-0.15, -0.1) is 0 Å². The highest BCUT2D eigenvalue weighted by atomic mass is 17.1. The second-order valence-electron chi connectivity index (χ2n) is 5.02. The standard InChI is InChI=1S/C9H12O2.C4H10O2/c1-7(2)8-3-5-9(11-10)6-4-8;1-4(2,3)6-5/h3-7,10H,1-2H3;5H,1-3H3. The topological polar surface area (TPSA) is 58.9 Å². The first-order valence-electron chi connectivity index (χ1n) is 5.54. The maximum atomic E-state index is 8.27. The van der Waals surface area contributed by atoms with E-state index >= 15 is 0 Å².